The smallest absolute Gasteiger partial charge is 0.245 e. The molecular weight excluding hydrogens is 252 g/mol. The lowest BCUT2D eigenvalue weighted by molar-refractivity contribution is -0.133. The third-order valence-electron chi connectivity index (χ3n) is 3.33. The summed E-state index contributed by atoms with van der Waals surface area (Å²) < 4.78 is 11.3. The molecule has 1 rings (SSSR count). The fourth-order valence-corrected chi connectivity index (χ4v) is 2.33. The molecule has 1 heterocycles. The first-order valence-corrected chi connectivity index (χ1v) is 7.98. The number of carbonyl (C=O) groups is 2. The minimum absolute atomic E-state index is 0.0163. The summed E-state index contributed by atoms with van der Waals surface area (Å²) in [5.41, 5.74) is 0. The van der Waals surface area contributed by atoms with Crippen molar-refractivity contribution in [3.8, 4) is 0 Å². The van der Waals surface area contributed by atoms with Crippen LogP contribution in [0.15, 0.2) is 0 Å². The Labute approximate surface area is 111 Å². The highest BCUT2D eigenvalue weighted by molar-refractivity contribution is 7.84. The molecule has 0 saturated carbocycles. The van der Waals surface area contributed by atoms with Crippen LogP contribution in [0.2, 0.25) is 0 Å². The van der Waals surface area contributed by atoms with Crippen LogP contribution in [0.4, 0.5) is 0 Å². The van der Waals surface area contributed by atoms with Gasteiger partial charge < -0.3 is 10.2 Å². The van der Waals surface area contributed by atoms with E-state index in [1.807, 2.05) is 13.8 Å². The summed E-state index contributed by atoms with van der Waals surface area (Å²) >= 11 is 0. The summed E-state index contributed by atoms with van der Waals surface area (Å²) in [5.74, 6) is -0.0812. The van der Waals surface area contributed by atoms with Gasteiger partial charge in [-0.1, -0.05) is 13.8 Å². The van der Waals surface area contributed by atoms with Crippen LogP contribution in [0.3, 0.4) is 0 Å². The number of nitrogens with one attached hydrogen (secondary N) is 1. The first-order valence-electron chi connectivity index (χ1n) is 6.36. The summed E-state index contributed by atoms with van der Waals surface area (Å²) in [4.78, 5) is 25.3. The average molecular weight is 274 g/mol. The maximum Gasteiger partial charge on any atom is 0.245 e. The largest absolute Gasteiger partial charge is 0.344 e. The van der Waals surface area contributed by atoms with E-state index in [4.69, 9.17) is 0 Å². The Morgan fingerprint density at radius 3 is 2.72 bits per heavy atom. The molecule has 0 aromatic heterocycles. The van der Waals surface area contributed by atoms with Gasteiger partial charge in [0.15, 0.2) is 0 Å². The van der Waals surface area contributed by atoms with Gasteiger partial charge in [0.25, 0.3) is 0 Å². The van der Waals surface area contributed by atoms with E-state index < -0.39 is 16.8 Å². The van der Waals surface area contributed by atoms with Crippen molar-refractivity contribution in [3.63, 3.8) is 0 Å². The molecular formula is C12H22N2O3S. The molecule has 0 radical (unpaired) electrons. The number of nitrogens with zero attached hydrogens (tertiary/aromatic N) is 1. The molecule has 1 saturated heterocycles. The van der Waals surface area contributed by atoms with E-state index >= 15 is 0 Å². The lowest BCUT2D eigenvalue weighted by Gasteiger charge is -2.24. The molecule has 5 nitrogen and oxygen atoms in total. The Morgan fingerprint density at radius 1 is 1.50 bits per heavy atom. The van der Waals surface area contributed by atoms with Crippen LogP contribution in [-0.4, -0.2) is 51.6 Å². The van der Waals surface area contributed by atoms with E-state index in [0.29, 0.717) is 32.4 Å². The molecule has 1 aliphatic heterocycles. The van der Waals surface area contributed by atoms with E-state index in [2.05, 4.69) is 5.32 Å². The van der Waals surface area contributed by atoms with Crippen LogP contribution in [0.1, 0.15) is 33.1 Å². The van der Waals surface area contributed by atoms with E-state index in [1.165, 1.54) is 0 Å². The first kappa shape index (κ1) is 15.1. The second-order valence-electron chi connectivity index (χ2n) is 4.70. The zero-order valence-corrected chi connectivity index (χ0v) is 12.1. The lowest BCUT2D eigenvalue weighted by atomic mass is 10.2. The van der Waals surface area contributed by atoms with Crippen molar-refractivity contribution in [2.24, 2.45) is 0 Å². The Hall–Kier alpha value is -0.910. The molecule has 0 aromatic rings. The minimum Gasteiger partial charge on any atom is -0.344 e. The van der Waals surface area contributed by atoms with Crippen molar-refractivity contribution in [1.29, 1.82) is 0 Å². The van der Waals surface area contributed by atoms with Crippen LogP contribution < -0.4 is 5.32 Å². The van der Waals surface area contributed by atoms with Crippen molar-refractivity contribution < 1.29 is 13.8 Å². The third-order valence-corrected chi connectivity index (χ3v) is 4.70. The van der Waals surface area contributed by atoms with Gasteiger partial charge in [0.1, 0.15) is 6.04 Å². The number of hydrogen-bond acceptors (Lipinski definition) is 3. The average Bonchev–Trinajstić information content (AvgIpc) is 2.46. The molecule has 0 aliphatic carbocycles. The number of hydrogen-bond donors (Lipinski definition) is 1. The summed E-state index contributed by atoms with van der Waals surface area (Å²) in [6.07, 6.45) is 3.34. The molecule has 0 spiro atoms. The topological polar surface area (TPSA) is 66.5 Å². The lowest BCUT2D eigenvalue weighted by Crippen LogP contribution is -2.44. The van der Waals surface area contributed by atoms with Crippen molar-refractivity contribution >= 4 is 22.6 Å². The van der Waals surface area contributed by atoms with Crippen LogP contribution in [-0.2, 0) is 20.4 Å². The molecule has 104 valence electrons. The van der Waals surface area contributed by atoms with Gasteiger partial charge in [0.05, 0.1) is 0 Å². The fourth-order valence-electron chi connectivity index (χ4n) is 1.90. The zero-order valence-electron chi connectivity index (χ0n) is 11.3. The molecule has 6 heteroatoms. The quantitative estimate of drug-likeness (QED) is 0.782. The third kappa shape index (κ3) is 4.08. The molecule has 18 heavy (non-hydrogen) atoms. The number of carbonyl (C=O) groups excluding carboxylic acids is 2. The van der Waals surface area contributed by atoms with Gasteiger partial charge in [-0.3, -0.25) is 13.8 Å². The zero-order chi connectivity index (χ0) is 13.7. The summed E-state index contributed by atoms with van der Waals surface area (Å²) in [6.45, 7) is 4.84. The van der Waals surface area contributed by atoms with Gasteiger partial charge in [-0.05, 0) is 12.8 Å². The predicted octanol–water partition coefficient (Wildman–Crippen LogP) is 0.271. The van der Waals surface area contributed by atoms with Crippen LogP contribution in [0.25, 0.3) is 0 Å². The normalized spacial score (nSPS) is 24.4. The van der Waals surface area contributed by atoms with E-state index in [1.54, 1.807) is 11.2 Å². The van der Waals surface area contributed by atoms with Gasteiger partial charge in [-0.25, -0.2) is 0 Å². The van der Waals surface area contributed by atoms with Gasteiger partial charge in [0, 0.05) is 41.8 Å². The van der Waals surface area contributed by atoms with Crippen molar-refractivity contribution in [2.75, 3.05) is 19.3 Å². The van der Waals surface area contributed by atoms with Gasteiger partial charge in [-0.2, -0.15) is 0 Å². The second-order valence-corrected chi connectivity index (χ2v) is 6.50. The monoisotopic (exact) mass is 274 g/mol. The van der Waals surface area contributed by atoms with Gasteiger partial charge in [-0.15, -0.1) is 0 Å². The van der Waals surface area contributed by atoms with Crippen molar-refractivity contribution in [3.05, 3.63) is 0 Å². The highest BCUT2D eigenvalue weighted by Crippen LogP contribution is 2.09. The molecule has 0 aromatic carbocycles. The summed E-state index contributed by atoms with van der Waals surface area (Å²) in [5, 5.41) is 2.80. The highest BCUT2D eigenvalue weighted by Gasteiger charge is 2.28. The minimum atomic E-state index is -0.868. The maximum atomic E-state index is 12.1. The Bertz CT molecular complexity index is 346. The van der Waals surface area contributed by atoms with E-state index in [9.17, 15) is 13.8 Å². The van der Waals surface area contributed by atoms with Crippen molar-refractivity contribution in [1.82, 2.24) is 10.2 Å². The van der Waals surface area contributed by atoms with E-state index in [-0.39, 0.29) is 17.1 Å². The molecule has 0 bridgehead atoms. The molecule has 1 aliphatic rings. The Balaban J connectivity index is 2.60. The van der Waals surface area contributed by atoms with Crippen LogP contribution in [0.5, 0.6) is 0 Å². The fraction of sp³-hybridized carbons (Fsp3) is 0.833. The molecule has 1 N–H and O–H groups in total. The molecule has 3 unspecified atom stereocenters. The maximum absolute atomic E-state index is 12.1. The molecule has 3 atom stereocenters. The summed E-state index contributed by atoms with van der Waals surface area (Å²) in [7, 11) is -0.868. The van der Waals surface area contributed by atoms with Crippen molar-refractivity contribution in [2.45, 2.75) is 44.4 Å². The SMILES string of the molecule is CCC1NC(=O)CCN(CCC(C)S(C)=O)C1=O. The van der Waals surface area contributed by atoms with E-state index in [0.717, 1.165) is 0 Å². The van der Waals surface area contributed by atoms with Gasteiger partial charge in [0.2, 0.25) is 11.8 Å². The second kappa shape index (κ2) is 6.87. The van der Waals surface area contributed by atoms with Crippen LogP contribution in [0, 0.1) is 0 Å². The number of rotatable bonds is 5. The predicted molar refractivity (Wildman–Crippen MR) is 71.6 cm³/mol. The Kier molecular flexibility index (Phi) is 5.78. The van der Waals surface area contributed by atoms with Gasteiger partial charge >= 0.3 is 0 Å². The number of amides is 2. The molecule has 2 amide bonds. The Morgan fingerprint density at radius 2 is 2.17 bits per heavy atom. The summed E-state index contributed by atoms with van der Waals surface area (Å²) in [6, 6.07) is -0.401. The standard InChI is InChI=1S/C12H22N2O3S/c1-4-10-12(16)14(8-6-11(15)13-10)7-5-9(2)18(3)17/h9-10H,4-8H2,1-3H3,(H,13,15). The first-order chi connectivity index (χ1) is 8.45. The highest BCUT2D eigenvalue weighted by atomic mass is 32.2. The van der Waals surface area contributed by atoms with Crippen LogP contribution >= 0.6 is 0 Å². The molecule has 1 fully saturated rings.